The van der Waals surface area contributed by atoms with Gasteiger partial charge in [-0.05, 0) is 6.42 Å². The molecule has 35 heavy (non-hydrogen) atoms. The molecule has 0 spiro atoms. The van der Waals surface area contributed by atoms with Gasteiger partial charge < -0.3 is 0 Å². The van der Waals surface area contributed by atoms with E-state index in [-0.39, 0.29) is 6.29 Å². The van der Waals surface area contributed by atoms with Crippen LogP contribution in [0, 0.1) is 0 Å². The molecule has 1 saturated heterocycles. The second-order valence-corrected chi connectivity index (χ2v) is 18.8. The van der Waals surface area contributed by atoms with Gasteiger partial charge in [0.15, 0.2) is 0 Å². The molecular weight excluding hydrogens is 515 g/mol. The summed E-state index contributed by atoms with van der Waals surface area (Å²) in [5.74, 6) is 0. The van der Waals surface area contributed by atoms with E-state index in [4.69, 9.17) is 9.47 Å². The number of ether oxygens (including phenoxy) is 2. The molecule has 0 N–H and O–H groups in total. The van der Waals surface area contributed by atoms with Gasteiger partial charge in [-0.3, -0.25) is 0 Å². The molecule has 0 radical (unpaired) electrons. The topological polar surface area (TPSA) is 18.5 Å². The van der Waals surface area contributed by atoms with Crippen LogP contribution >= 0.6 is 20.8 Å². The van der Waals surface area contributed by atoms with Crippen LogP contribution in [0.4, 0.5) is 0 Å². The summed E-state index contributed by atoms with van der Waals surface area (Å²) in [6.07, 6.45) is 12.0. The molecule has 1 fully saturated rings. The summed E-state index contributed by atoms with van der Waals surface area (Å²) in [7, 11) is 0. The first-order valence-electron chi connectivity index (χ1n) is 13.3. The molecule has 2 nitrogen and oxygen atoms in total. The van der Waals surface area contributed by atoms with Crippen molar-refractivity contribution in [3.8, 4) is 0 Å². The Morgan fingerprint density at radius 1 is 0.657 bits per heavy atom. The molecule has 0 aliphatic carbocycles. The number of halogens is 1. The van der Waals surface area contributed by atoms with Crippen LogP contribution in [-0.4, -0.2) is 25.7 Å². The van der Waals surface area contributed by atoms with Crippen LogP contribution in [0.3, 0.4) is 0 Å². The van der Waals surface area contributed by atoms with Crippen LogP contribution in [0.15, 0.2) is 91.0 Å². The Bertz CT molecular complexity index is 891. The summed E-state index contributed by atoms with van der Waals surface area (Å²) in [4.78, 5) is 0. The van der Waals surface area contributed by atoms with Gasteiger partial charge in [0.05, 0.1) is 0 Å². The fourth-order valence-corrected chi connectivity index (χ4v) is 13.1. The fourth-order valence-electron chi connectivity index (χ4n) is 5.33. The number of hydrogen-bond acceptors (Lipinski definition) is 2. The van der Waals surface area contributed by atoms with Crippen molar-refractivity contribution in [3.63, 3.8) is 0 Å². The van der Waals surface area contributed by atoms with E-state index in [1.165, 1.54) is 60.9 Å². The monoisotopic (exact) mass is 554 g/mol. The van der Waals surface area contributed by atoms with Gasteiger partial charge in [0.2, 0.25) is 0 Å². The first kappa shape index (κ1) is 26.6. The average molecular weight is 556 g/mol. The summed E-state index contributed by atoms with van der Waals surface area (Å²) >= 11 is 4.56. The molecule has 1 heterocycles. The summed E-state index contributed by atoms with van der Waals surface area (Å²) < 4.78 is 11.6. The predicted octanol–water partition coefficient (Wildman–Crippen LogP) is 7.71. The van der Waals surface area contributed by atoms with E-state index in [2.05, 4.69) is 106 Å². The minimum atomic E-state index is -2.76. The molecule has 1 aliphatic rings. The van der Waals surface area contributed by atoms with Crippen molar-refractivity contribution in [2.45, 2.75) is 64.1 Å². The maximum absolute atomic E-state index is 5.89. The fraction of sp³-hybridized carbons (Fsp3) is 0.419. The van der Waals surface area contributed by atoms with Crippen LogP contribution in [0.25, 0.3) is 0 Å². The molecule has 0 amide bonds. The Morgan fingerprint density at radius 2 is 1.14 bits per heavy atom. The molecule has 188 valence electrons. The standard InChI is InChI=1S/C31H40BrO2P/c32-35(28-18-8-5-9-19-28,29-20-10-6-11-21-29,30-22-12-7-13-23-30)27-17-4-2-1-3-15-25-33-31-24-14-16-26-34-31/h5-13,18-23,31H,1-4,14-17,24-27H2. The molecule has 0 saturated carbocycles. The molecule has 0 bridgehead atoms. The normalized spacial score (nSPS) is 17.5. The van der Waals surface area contributed by atoms with Gasteiger partial charge in [0.1, 0.15) is 0 Å². The van der Waals surface area contributed by atoms with Gasteiger partial charge in [-0.25, -0.2) is 0 Å². The molecular formula is C31H40BrO2P. The van der Waals surface area contributed by atoms with E-state index in [9.17, 15) is 0 Å². The van der Waals surface area contributed by atoms with Crippen molar-refractivity contribution in [2.75, 3.05) is 19.4 Å². The zero-order chi connectivity index (χ0) is 24.3. The van der Waals surface area contributed by atoms with Crippen molar-refractivity contribution >= 4 is 36.7 Å². The first-order chi connectivity index (χ1) is 17.2. The van der Waals surface area contributed by atoms with Crippen molar-refractivity contribution in [2.24, 2.45) is 0 Å². The Kier molecular flexibility index (Phi) is 9.98. The zero-order valence-corrected chi connectivity index (χ0v) is 23.3. The van der Waals surface area contributed by atoms with Crippen LogP contribution in [0.2, 0.25) is 0 Å². The molecule has 1 aliphatic heterocycles. The Morgan fingerprint density at radius 3 is 1.63 bits per heavy atom. The summed E-state index contributed by atoms with van der Waals surface area (Å²) in [6.45, 7) is 1.69. The minimum absolute atomic E-state index is 0.0469. The molecule has 3 aromatic rings. The Balaban J connectivity index is 1.39. The van der Waals surface area contributed by atoms with Crippen LogP contribution in [0.1, 0.15) is 57.8 Å². The molecule has 4 rings (SSSR count). The van der Waals surface area contributed by atoms with Crippen LogP contribution in [0.5, 0.6) is 0 Å². The third-order valence-corrected chi connectivity index (χ3v) is 17.3. The molecule has 3 aromatic carbocycles. The van der Waals surface area contributed by atoms with Crippen LogP contribution in [-0.2, 0) is 9.47 Å². The van der Waals surface area contributed by atoms with E-state index in [1.54, 1.807) is 0 Å². The average Bonchev–Trinajstić information content (AvgIpc) is 2.94. The van der Waals surface area contributed by atoms with Crippen molar-refractivity contribution in [3.05, 3.63) is 91.0 Å². The van der Waals surface area contributed by atoms with Gasteiger partial charge in [-0.2, -0.15) is 0 Å². The molecule has 4 heteroatoms. The number of hydrogen-bond donors (Lipinski definition) is 0. The molecule has 0 aromatic heterocycles. The zero-order valence-electron chi connectivity index (χ0n) is 20.9. The van der Waals surface area contributed by atoms with Gasteiger partial charge in [-0.15, -0.1) is 0 Å². The molecule has 1 unspecified atom stereocenters. The van der Waals surface area contributed by atoms with Gasteiger partial charge in [0, 0.05) is 0 Å². The summed E-state index contributed by atoms with van der Waals surface area (Å²) in [5, 5.41) is 1.48. The van der Waals surface area contributed by atoms with E-state index >= 15 is 0 Å². The summed E-state index contributed by atoms with van der Waals surface area (Å²) in [5.41, 5.74) is 0. The Hall–Kier alpha value is -1.51. The first-order valence-corrected chi connectivity index (χ1v) is 17.8. The number of benzene rings is 3. The third-order valence-electron chi connectivity index (χ3n) is 7.30. The third kappa shape index (κ3) is 6.44. The van der Waals surface area contributed by atoms with E-state index in [0.717, 1.165) is 32.2 Å². The number of unbranched alkanes of at least 4 members (excludes halogenated alkanes) is 5. The van der Waals surface area contributed by atoms with Gasteiger partial charge in [-0.1, -0.05) is 0 Å². The predicted molar refractivity (Wildman–Crippen MR) is 156 cm³/mol. The quantitative estimate of drug-likeness (QED) is 0.159. The molecule has 1 atom stereocenters. The van der Waals surface area contributed by atoms with E-state index < -0.39 is 5.31 Å². The van der Waals surface area contributed by atoms with Crippen LogP contribution < -0.4 is 15.9 Å². The SMILES string of the molecule is BrP(CCCCCCCCOC1CCCCO1)(c1ccccc1)(c1ccccc1)c1ccccc1. The van der Waals surface area contributed by atoms with E-state index in [0.29, 0.717) is 0 Å². The Labute approximate surface area is 220 Å². The van der Waals surface area contributed by atoms with Crippen molar-refractivity contribution in [1.29, 1.82) is 0 Å². The maximum atomic E-state index is 5.89. The second kappa shape index (κ2) is 13.2. The number of rotatable bonds is 13. The summed E-state index contributed by atoms with van der Waals surface area (Å²) in [6, 6.07) is 33.4. The second-order valence-electron chi connectivity index (χ2n) is 9.70. The van der Waals surface area contributed by atoms with Gasteiger partial charge >= 0.3 is 214 Å². The van der Waals surface area contributed by atoms with Crippen molar-refractivity contribution < 1.29 is 9.47 Å². The van der Waals surface area contributed by atoms with Crippen molar-refractivity contribution in [1.82, 2.24) is 0 Å². The van der Waals surface area contributed by atoms with Gasteiger partial charge in [0.25, 0.3) is 0 Å². The van der Waals surface area contributed by atoms with E-state index in [1.807, 2.05) is 0 Å².